The number of aliphatic carboxylic acids is 1. The average molecular weight is 230 g/mol. The summed E-state index contributed by atoms with van der Waals surface area (Å²) in [6.45, 7) is 0. The number of halogens is 1. The lowest BCUT2D eigenvalue weighted by Crippen LogP contribution is -1.99. The van der Waals surface area contributed by atoms with Crippen LogP contribution in [0.5, 0.6) is 0 Å². The standard InChI is InChI=1S/C14H11FO2/c15-13-3-1-2-12(9-13)11-6-4-10(5-7-11)8-14(16)17/h1-7,9H,8H2,(H,16,17). The van der Waals surface area contributed by atoms with Crippen molar-refractivity contribution < 1.29 is 14.3 Å². The molecule has 1 N–H and O–H groups in total. The first-order chi connectivity index (χ1) is 8.15. The molecule has 0 aliphatic carbocycles. The molecule has 0 heterocycles. The van der Waals surface area contributed by atoms with E-state index in [2.05, 4.69) is 0 Å². The quantitative estimate of drug-likeness (QED) is 0.879. The maximum atomic E-state index is 13.0. The molecule has 0 spiro atoms. The summed E-state index contributed by atoms with van der Waals surface area (Å²) in [6.07, 6.45) is 0.00340. The zero-order valence-corrected chi connectivity index (χ0v) is 9.06. The molecule has 86 valence electrons. The van der Waals surface area contributed by atoms with Crippen LogP contribution in [0.25, 0.3) is 11.1 Å². The van der Waals surface area contributed by atoms with Gasteiger partial charge in [0.1, 0.15) is 5.82 Å². The van der Waals surface area contributed by atoms with E-state index in [0.717, 1.165) is 16.7 Å². The van der Waals surface area contributed by atoms with Gasteiger partial charge >= 0.3 is 5.97 Å². The van der Waals surface area contributed by atoms with Crippen LogP contribution in [0, 0.1) is 5.82 Å². The predicted molar refractivity (Wildman–Crippen MR) is 63.2 cm³/mol. The lowest BCUT2D eigenvalue weighted by Gasteiger charge is -2.03. The molecule has 3 heteroatoms. The second-order valence-corrected chi connectivity index (χ2v) is 3.78. The zero-order valence-electron chi connectivity index (χ0n) is 9.06. The van der Waals surface area contributed by atoms with Crippen LogP contribution in [0.2, 0.25) is 0 Å². The third-order valence-corrected chi connectivity index (χ3v) is 2.47. The minimum Gasteiger partial charge on any atom is -0.481 e. The van der Waals surface area contributed by atoms with Crippen molar-refractivity contribution in [3.63, 3.8) is 0 Å². The Kier molecular flexibility index (Phi) is 3.19. The minimum atomic E-state index is -0.858. The number of rotatable bonds is 3. The lowest BCUT2D eigenvalue weighted by molar-refractivity contribution is -0.136. The normalized spacial score (nSPS) is 10.2. The van der Waals surface area contributed by atoms with Gasteiger partial charge < -0.3 is 5.11 Å². The summed E-state index contributed by atoms with van der Waals surface area (Å²) in [5.41, 5.74) is 2.39. The predicted octanol–water partition coefficient (Wildman–Crippen LogP) is 3.12. The average Bonchev–Trinajstić information content (AvgIpc) is 2.29. The zero-order chi connectivity index (χ0) is 12.3. The van der Waals surface area contributed by atoms with Gasteiger partial charge in [-0.3, -0.25) is 4.79 Å². The van der Waals surface area contributed by atoms with Crippen LogP contribution in [0.4, 0.5) is 4.39 Å². The first kappa shape index (κ1) is 11.3. The van der Waals surface area contributed by atoms with Crippen molar-refractivity contribution in [2.24, 2.45) is 0 Å². The highest BCUT2D eigenvalue weighted by atomic mass is 19.1. The third-order valence-electron chi connectivity index (χ3n) is 2.47. The summed E-state index contributed by atoms with van der Waals surface area (Å²) in [4.78, 5) is 10.5. The smallest absolute Gasteiger partial charge is 0.307 e. The molecule has 0 aliphatic heterocycles. The number of hydrogen-bond donors (Lipinski definition) is 1. The van der Waals surface area contributed by atoms with Crippen molar-refractivity contribution in [1.82, 2.24) is 0 Å². The molecule has 0 unspecified atom stereocenters. The van der Waals surface area contributed by atoms with E-state index < -0.39 is 5.97 Å². The van der Waals surface area contributed by atoms with E-state index in [1.165, 1.54) is 12.1 Å². The van der Waals surface area contributed by atoms with E-state index >= 15 is 0 Å². The molecule has 0 fully saturated rings. The van der Waals surface area contributed by atoms with Gasteiger partial charge in [-0.15, -0.1) is 0 Å². The lowest BCUT2D eigenvalue weighted by atomic mass is 10.0. The Hall–Kier alpha value is -2.16. The molecule has 0 amide bonds. The monoisotopic (exact) mass is 230 g/mol. The first-order valence-electron chi connectivity index (χ1n) is 5.22. The van der Waals surface area contributed by atoms with Crippen molar-refractivity contribution in [1.29, 1.82) is 0 Å². The number of carbonyl (C=O) groups is 1. The van der Waals surface area contributed by atoms with Gasteiger partial charge in [-0.25, -0.2) is 4.39 Å². The van der Waals surface area contributed by atoms with E-state index in [1.54, 1.807) is 30.3 Å². The highest BCUT2D eigenvalue weighted by Gasteiger charge is 2.02. The van der Waals surface area contributed by atoms with E-state index in [-0.39, 0.29) is 12.2 Å². The molecule has 2 aromatic rings. The fraction of sp³-hybridized carbons (Fsp3) is 0.0714. The summed E-state index contributed by atoms with van der Waals surface area (Å²) < 4.78 is 13.0. The molecule has 17 heavy (non-hydrogen) atoms. The molecule has 2 rings (SSSR count). The van der Waals surface area contributed by atoms with Gasteiger partial charge in [0.2, 0.25) is 0 Å². The number of carboxylic acid groups (broad SMARTS) is 1. The summed E-state index contributed by atoms with van der Waals surface area (Å²) in [5, 5.41) is 8.64. The van der Waals surface area contributed by atoms with Gasteiger partial charge in [0.05, 0.1) is 6.42 Å². The van der Waals surface area contributed by atoms with Gasteiger partial charge in [-0.05, 0) is 28.8 Å². The summed E-state index contributed by atoms with van der Waals surface area (Å²) in [5.74, 6) is -1.14. The Bertz CT molecular complexity index is 532. The van der Waals surface area contributed by atoms with Crippen molar-refractivity contribution in [3.05, 3.63) is 59.9 Å². The number of hydrogen-bond acceptors (Lipinski definition) is 1. The molecule has 2 aromatic carbocycles. The largest absolute Gasteiger partial charge is 0.481 e. The van der Waals surface area contributed by atoms with Crippen molar-refractivity contribution in [2.45, 2.75) is 6.42 Å². The Morgan fingerprint density at radius 2 is 1.76 bits per heavy atom. The molecule has 0 aliphatic rings. The molecule has 0 bridgehead atoms. The van der Waals surface area contributed by atoms with Crippen molar-refractivity contribution >= 4 is 5.97 Å². The van der Waals surface area contributed by atoms with Gasteiger partial charge in [-0.2, -0.15) is 0 Å². The van der Waals surface area contributed by atoms with E-state index in [9.17, 15) is 9.18 Å². The van der Waals surface area contributed by atoms with Gasteiger partial charge in [-0.1, -0.05) is 36.4 Å². The highest BCUT2D eigenvalue weighted by molar-refractivity contribution is 5.71. The van der Waals surface area contributed by atoms with Crippen LogP contribution < -0.4 is 0 Å². The van der Waals surface area contributed by atoms with Crippen LogP contribution in [0.1, 0.15) is 5.56 Å². The Morgan fingerprint density at radius 3 is 2.35 bits per heavy atom. The molecular weight excluding hydrogens is 219 g/mol. The first-order valence-corrected chi connectivity index (χ1v) is 5.22. The maximum Gasteiger partial charge on any atom is 0.307 e. The summed E-state index contributed by atoms with van der Waals surface area (Å²) >= 11 is 0. The Morgan fingerprint density at radius 1 is 1.06 bits per heavy atom. The molecule has 0 aromatic heterocycles. The Labute approximate surface area is 98.3 Å². The van der Waals surface area contributed by atoms with E-state index in [4.69, 9.17) is 5.11 Å². The molecular formula is C14H11FO2. The van der Waals surface area contributed by atoms with E-state index in [1.807, 2.05) is 6.07 Å². The van der Waals surface area contributed by atoms with Gasteiger partial charge in [0.15, 0.2) is 0 Å². The van der Waals surface area contributed by atoms with Gasteiger partial charge in [0.25, 0.3) is 0 Å². The second kappa shape index (κ2) is 4.78. The summed E-state index contributed by atoms with van der Waals surface area (Å²) in [7, 11) is 0. The third kappa shape index (κ3) is 2.91. The Balaban J connectivity index is 2.26. The number of carboxylic acids is 1. The van der Waals surface area contributed by atoms with Crippen LogP contribution in [-0.2, 0) is 11.2 Å². The van der Waals surface area contributed by atoms with Crippen molar-refractivity contribution in [2.75, 3.05) is 0 Å². The maximum absolute atomic E-state index is 13.0. The van der Waals surface area contributed by atoms with E-state index in [0.29, 0.717) is 0 Å². The molecule has 0 saturated heterocycles. The van der Waals surface area contributed by atoms with Crippen LogP contribution >= 0.6 is 0 Å². The fourth-order valence-corrected chi connectivity index (χ4v) is 1.66. The van der Waals surface area contributed by atoms with Crippen LogP contribution in [-0.4, -0.2) is 11.1 Å². The molecule has 0 atom stereocenters. The van der Waals surface area contributed by atoms with Crippen molar-refractivity contribution in [3.8, 4) is 11.1 Å². The van der Waals surface area contributed by atoms with Crippen LogP contribution in [0.15, 0.2) is 48.5 Å². The second-order valence-electron chi connectivity index (χ2n) is 3.78. The SMILES string of the molecule is O=C(O)Cc1ccc(-c2cccc(F)c2)cc1. The molecule has 0 saturated carbocycles. The number of benzene rings is 2. The minimum absolute atomic E-state index is 0.00340. The summed E-state index contributed by atoms with van der Waals surface area (Å²) in [6, 6.07) is 13.4. The van der Waals surface area contributed by atoms with Gasteiger partial charge in [0, 0.05) is 0 Å². The highest BCUT2D eigenvalue weighted by Crippen LogP contribution is 2.20. The topological polar surface area (TPSA) is 37.3 Å². The molecule has 2 nitrogen and oxygen atoms in total. The molecule has 0 radical (unpaired) electrons. The van der Waals surface area contributed by atoms with Crippen LogP contribution in [0.3, 0.4) is 0 Å². The fourth-order valence-electron chi connectivity index (χ4n) is 1.66.